The van der Waals surface area contributed by atoms with E-state index in [0.717, 1.165) is 30.6 Å². The third-order valence-electron chi connectivity index (χ3n) is 2.62. The van der Waals surface area contributed by atoms with Gasteiger partial charge in [0.2, 0.25) is 0 Å². The van der Waals surface area contributed by atoms with Crippen molar-refractivity contribution < 1.29 is 0 Å². The van der Waals surface area contributed by atoms with Crippen LogP contribution >= 0.6 is 0 Å². The van der Waals surface area contributed by atoms with Gasteiger partial charge in [-0.25, -0.2) is 0 Å². The Balaban J connectivity index is 2.28. The van der Waals surface area contributed by atoms with Crippen LogP contribution in [0.4, 0.5) is 5.69 Å². The molecule has 0 bridgehead atoms. The van der Waals surface area contributed by atoms with Gasteiger partial charge in [0.15, 0.2) is 0 Å². The van der Waals surface area contributed by atoms with Crippen molar-refractivity contribution in [2.24, 2.45) is 0 Å². The maximum absolute atomic E-state index is 8.09. The molecule has 2 rings (SSSR count). The lowest BCUT2D eigenvalue weighted by Gasteiger charge is -2.16. The number of hydrogen-bond donors (Lipinski definition) is 3. The molecule has 0 amide bonds. The van der Waals surface area contributed by atoms with E-state index in [1.165, 1.54) is 0 Å². The first-order chi connectivity index (χ1) is 7.29. The number of nitrogens with two attached hydrogens (primary N) is 1. The van der Waals surface area contributed by atoms with Gasteiger partial charge in [-0.15, -0.1) is 0 Å². The molecule has 0 saturated carbocycles. The number of hydrogen-bond acceptors (Lipinski definition) is 3. The van der Waals surface area contributed by atoms with Crippen LogP contribution in [-0.4, -0.2) is 18.8 Å². The maximum Gasteiger partial charge on any atom is 0.0662 e. The summed E-state index contributed by atoms with van der Waals surface area (Å²) in [5.41, 5.74) is 9.02. The lowest BCUT2D eigenvalue weighted by molar-refractivity contribution is 0.717. The van der Waals surface area contributed by atoms with Gasteiger partial charge in [0, 0.05) is 17.8 Å². The predicted molar refractivity (Wildman–Crippen MR) is 63.3 cm³/mol. The zero-order valence-corrected chi connectivity index (χ0v) is 8.59. The molecule has 1 aromatic rings. The highest BCUT2D eigenvalue weighted by molar-refractivity contribution is 6.13. The highest BCUT2D eigenvalue weighted by Crippen LogP contribution is 2.18. The summed E-state index contributed by atoms with van der Waals surface area (Å²) in [4.78, 5) is 0. The molecule has 3 nitrogen and oxygen atoms in total. The van der Waals surface area contributed by atoms with E-state index in [1.54, 1.807) is 0 Å². The van der Waals surface area contributed by atoms with E-state index in [9.17, 15) is 0 Å². The minimum atomic E-state index is 0.564. The SMILES string of the molecule is N=C(C1=CCNCC1)c1ccccc1N. The molecular weight excluding hydrogens is 186 g/mol. The number of nitrogen functional groups attached to an aromatic ring is 1. The van der Waals surface area contributed by atoms with Gasteiger partial charge in [0.25, 0.3) is 0 Å². The molecule has 0 unspecified atom stereocenters. The second kappa shape index (κ2) is 4.28. The summed E-state index contributed by atoms with van der Waals surface area (Å²) < 4.78 is 0. The first-order valence-electron chi connectivity index (χ1n) is 5.12. The Hall–Kier alpha value is -1.61. The number of para-hydroxylation sites is 1. The monoisotopic (exact) mass is 201 g/mol. The fourth-order valence-electron chi connectivity index (χ4n) is 1.75. The van der Waals surface area contributed by atoms with Crippen molar-refractivity contribution >= 4 is 11.4 Å². The summed E-state index contributed by atoms with van der Waals surface area (Å²) in [5, 5.41) is 11.3. The normalized spacial score (nSPS) is 15.9. The Morgan fingerprint density at radius 3 is 2.80 bits per heavy atom. The maximum atomic E-state index is 8.09. The molecule has 1 heterocycles. The Morgan fingerprint density at radius 1 is 1.33 bits per heavy atom. The quantitative estimate of drug-likeness (QED) is 0.502. The van der Waals surface area contributed by atoms with Crippen molar-refractivity contribution in [3.8, 4) is 0 Å². The second-order valence-corrected chi connectivity index (χ2v) is 3.65. The molecule has 1 aromatic carbocycles. The molecule has 0 aliphatic carbocycles. The minimum Gasteiger partial charge on any atom is -0.398 e. The van der Waals surface area contributed by atoms with E-state index in [4.69, 9.17) is 11.1 Å². The van der Waals surface area contributed by atoms with Gasteiger partial charge < -0.3 is 11.1 Å². The van der Waals surface area contributed by atoms with Crippen LogP contribution in [0.25, 0.3) is 0 Å². The van der Waals surface area contributed by atoms with Crippen molar-refractivity contribution in [3.05, 3.63) is 41.5 Å². The first kappa shape index (κ1) is 9.93. The number of benzene rings is 1. The van der Waals surface area contributed by atoms with E-state index in [0.29, 0.717) is 11.4 Å². The van der Waals surface area contributed by atoms with Crippen molar-refractivity contribution in [2.75, 3.05) is 18.8 Å². The van der Waals surface area contributed by atoms with Crippen LogP contribution in [0.1, 0.15) is 12.0 Å². The summed E-state index contributed by atoms with van der Waals surface area (Å²) in [6, 6.07) is 7.55. The van der Waals surface area contributed by atoms with Crippen LogP contribution in [0.3, 0.4) is 0 Å². The highest BCUT2D eigenvalue weighted by Gasteiger charge is 2.12. The van der Waals surface area contributed by atoms with Gasteiger partial charge in [-0.2, -0.15) is 0 Å². The number of anilines is 1. The smallest absolute Gasteiger partial charge is 0.0662 e. The van der Waals surface area contributed by atoms with E-state index in [-0.39, 0.29) is 0 Å². The second-order valence-electron chi connectivity index (χ2n) is 3.65. The Kier molecular flexibility index (Phi) is 2.83. The van der Waals surface area contributed by atoms with Crippen LogP contribution in [-0.2, 0) is 0 Å². The molecule has 1 aliphatic rings. The molecule has 0 fully saturated rings. The van der Waals surface area contributed by atoms with Crippen LogP contribution in [0.15, 0.2) is 35.9 Å². The summed E-state index contributed by atoms with van der Waals surface area (Å²) in [6.45, 7) is 1.80. The molecule has 1 aliphatic heterocycles. The Bertz CT molecular complexity index is 407. The molecule has 15 heavy (non-hydrogen) atoms. The zero-order valence-electron chi connectivity index (χ0n) is 8.59. The van der Waals surface area contributed by atoms with Gasteiger partial charge in [0.05, 0.1) is 5.71 Å². The van der Waals surface area contributed by atoms with Crippen molar-refractivity contribution in [3.63, 3.8) is 0 Å². The summed E-state index contributed by atoms with van der Waals surface area (Å²) in [7, 11) is 0. The van der Waals surface area contributed by atoms with Crippen LogP contribution < -0.4 is 11.1 Å². The molecule has 0 atom stereocenters. The fraction of sp³-hybridized carbons (Fsp3) is 0.250. The highest BCUT2D eigenvalue weighted by atomic mass is 14.8. The largest absolute Gasteiger partial charge is 0.398 e. The zero-order chi connectivity index (χ0) is 10.7. The van der Waals surface area contributed by atoms with Gasteiger partial charge in [-0.05, 0) is 24.6 Å². The number of nitrogens with one attached hydrogen (secondary N) is 2. The van der Waals surface area contributed by atoms with Crippen molar-refractivity contribution in [1.29, 1.82) is 5.41 Å². The standard InChI is InChI=1S/C12H15N3/c13-11-4-2-1-3-10(11)12(14)9-5-7-15-8-6-9/h1-5,14-15H,6-8,13H2. The first-order valence-corrected chi connectivity index (χ1v) is 5.12. The van der Waals surface area contributed by atoms with Crippen LogP contribution in [0, 0.1) is 5.41 Å². The van der Waals surface area contributed by atoms with E-state index in [2.05, 4.69) is 11.4 Å². The van der Waals surface area contributed by atoms with Crippen LogP contribution in [0.5, 0.6) is 0 Å². The molecule has 0 spiro atoms. The van der Waals surface area contributed by atoms with Crippen molar-refractivity contribution in [1.82, 2.24) is 5.32 Å². The van der Waals surface area contributed by atoms with E-state index >= 15 is 0 Å². The summed E-state index contributed by atoms with van der Waals surface area (Å²) in [5.74, 6) is 0. The lowest BCUT2D eigenvalue weighted by atomic mass is 9.97. The molecule has 0 saturated heterocycles. The van der Waals surface area contributed by atoms with E-state index < -0.39 is 0 Å². The number of rotatable bonds is 2. The summed E-state index contributed by atoms with van der Waals surface area (Å²) >= 11 is 0. The van der Waals surface area contributed by atoms with Crippen LogP contribution in [0.2, 0.25) is 0 Å². The third-order valence-corrected chi connectivity index (χ3v) is 2.62. The Morgan fingerprint density at radius 2 is 2.13 bits per heavy atom. The van der Waals surface area contributed by atoms with Gasteiger partial charge >= 0.3 is 0 Å². The third kappa shape index (κ3) is 2.07. The Labute approximate surface area is 89.5 Å². The molecule has 78 valence electrons. The topological polar surface area (TPSA) is 61.9 Å². The van der Waals surface area contributed by atoms with Crippen molar-refractivity contribution in [2.45, 2.75) is 6.42 Å². The van der Waals surface area contributed by atoms with Gasteiger partial charge in [-0.1, -0.05) is 24.3 Å². The average Bonchev–Trinajstić information content (AvgIpc) is 2.30. The molecule has 0 aromatic heterocycles. The lowest BCUT2D eigenvalue weighted by Crippen LogP contribution is -2.23. The average molecular weight is 201 g/mol. The molecule has 3 heteroatoms. The minimum absolute atomic E-state index is 0.564. The fourth-order valence-corrected chi connectivity index (χ4v) is 1.75. The van der Waals surface area contributed by atoms with Gasteiger partial charge in [-0.3, -0.25) is 5.41 Å². The molecule has 4 N–H and O–H groups in total. The molecular formula is C12H15N3. The molecule has 0 radical (unpaired) electrons. The van der Waals surface area contributed by atoms with E-state index in [1.807, 2.05) is 24.3 Å². The van der Waals surface area contributed by atoms with Gasteiger partial charge in [0.1, 0.15) is 0 Å². The summed E-state index contributed by atoms with van der Waals surface area (Å²) in [6.07, 6.45) is 2.98. The predicted octanol–water partition coefficient (Wildman–Crippen LogP) is 1.56.